The van der Waals surface area contributed by atoms with E-state index >= 15 is 0 Å². The maximum Gasteiger partial charge on any atom is 0.269 e. The van der Waals surface area contributed by atoms with Crippen LogP contribution in [0.5, 0.6) is 0 Å². The summed E-state index contributed by atoms with van der Waals surface area (Å²) < 4.78 is 0. The fraction of sp³-hybridized carbons (Fsp3) is 0.333. The Kier molecular flexibility index (Phi) is 3.39. The molecule has 1 aromatic carbocycles. The van der Waals surface area contributed by atoms with Crippen LogP contribution in [0.25, 0.3) is 11.4 Å². The number of rotatable bonds is 3. The molecule has 1 aliphatic heterocycles. The molecule has 0 bridgehead atoms. The van der Waals surface area contributed by atoms with E-state index < -0.39 is 4.92 Å². The predicted octanol–water partition coefficient (Wildman–Crippen LogP) is 2.78. The highest BCUT2D eigenvalue weighted by Gasteiger charge is 2.21. The van der Waals surface area contributed by atoms with Gasteiger partial charge in [-0.3, -0.25) is 10.1 Å². The van der Waals surface area contributed by atoms with Crippen molar-refractivity contribution >= 4 is 5.69 Å². The number of hydrogen-bond acceptors (Lipinski definition) is 5. The van der Waals surface area contributed by atoms with Gasteiger partial charge in [0.05, 0.1) is 16.3 Å². The second kappa shape index (κ2) is 5.21. The lowest BCUT2D eigenvalue weighted by Gasteiger charge is -2.12. The summed E-state index contributed by atoms with van der Waals surface area (Å²) in [5.41, 5.74) is 4.15. The molecule has 6 nitrogen and oxygen atoms in total. The lowest BCUT2D eigenvalue weighted by atomic mass is 10.0. The molecule has 1 aromatic heterocycles. The van der Waals surface area contributed by atoms with Crippen molar-refractivity contribution < 1.29 is 4.92 Å². The number of hydrogen-bond donors (Lipinski definition) is 1. The first-order valence-corrected chi connectivity index (χ1v) is 6.91. The van der Waals surface area contributed by atoms with Crippen LogP contribution in [0.1, 0.15) is 36.7 Å². The molecule has 3 rings (SSSR count). The lowest BCUT2D eigenvalue weighted by molar-refractivity contribution is -0.384. The van der Waals surface area contributed by atoms with Gasteiger partial charge in [-0.15, -0.1) is 0 Å². The molecule has 6 heteroatoms. The van der Waals surface area contributed by atoms with Crippen LogP contribution in [0.3, 0.4) is 0 Å². The van der Waals surface area contributed by atoms with Crippen molar-refractivity contribution in [1.82, 2.24) is 15.3 Å². The van der Waals surface area contributed by atoms with E-state index in [2.05, 4.69) is 29.1 Å². The average Bonchev–Trinajstić information content (AvgIpc) is 2.94. The Balaban J connectivity index is 2.06. The molecular weight excluding hydrogens is 268 g/mol. The number of non-ortho nitro benzene ring substituents is 1. The lowest BCUT2D eigenvalue weighted by Crippen LogP contribution is -2.05. The number of benzene rings is 1. The summed E-state index contributed by atoms with van der Waals surface area (Å²) in [5, 5.41) is 14.0. The van der Waals surface area contributed by atoms with E-state index in [0.717, 1.165) is 30.0 Å². The molecule has 0 unspecified atom stereocenters. The third-order valence-electron chi connectivity index (χ3n) is 3.60. The van der Waals surface area contributed by atoms with Crippen molar-refractivity contribution in [1.29, 1.82) is 0 Å². The standard InChI is InChI=1S/C15H16N4O2/c1-9(2)14-12-7-16-8-13(12)17-15(18-14)10-3-5-11(6-4-10)19(20)21/h3-6,9,16H,7-8H2,1-2H3. The molecule has 1 aliphatic rings. The van der Waals surface area contributed by atoms with Crippen LogP contribution in [0.2, 0.25) is 0 Å². The van der Waals surface area contributed by atoms with Gasteiger partial charge in [0, 0.05) is 36.3 Å². The van der Waals surface area contributed by atoms with Crippen LogP contribution < -0.4 is 5.32 Å². The summed E-state index contributed by atoms with van der Waals surface area (Å²) in [6, 6.07) is 6.37. The summed E-state index contributed by atoms with van der Waals surface area (Å²) >= 11 is 0. The monoisotopic (exact) mass is 284 g/mol. The van der Waals surface area contributed by atoms with Crippen LogP contribution in [0, 0.1) is 10.1 Å². The zero-order chi connectivity index (χ0) is 15.0. The van der Waals surface area contributed by atoms with Gasteiger partial charge in [0.15, 0.2) is 5.82 Å². The van der Waals surface area contributed by atoms with Crippen molar-refractivity contribution in [3.05, 3.63) is 51.3 Å². The van der Waals surface area contributed by atoms with Gasteiger partial charge in [-0.2, -0.15) is 0 Å². The van der Waals surface area contributed by atoms with E-state index in [1.54, 1.807) is 12.1 Å². The average molecular weight is 284 g/mol. The fourth-order valence-electron chi connectivity index (χ4n) is 2.53. The zero-order valence-corrected chi connectivity index (χ0v) is 12.0. The molecule has 0 fully saturated rings. The van der Waals surface area contributed by atoms with E-state index in [1.807, 2.05) is 0 Å². The second-order valence-corrected chi connectivity index (χ2v) is 5.42. The summed E-state index contributed by atoms with van der Waals surface area (Å²) in [5.74, 6) is 0.953. The number of nitrogens with one attached hydrogen (secondary N) is 1. The number of nitrogens with zero attached hydrogens (tertiary/aromatic N) is 3. The fourth-order valence-corrected chi connectivity index (χ4v) is 2.53. The minimum Gasteiger partial charge on any atom is -0.307 e. The van der Waals surface area contributed by atoms with Gasteiger partial charge in [0.2, 0.25) is 0 Å². The molecule has 0 radical (unpaired) electrons. The van der Waals surface area contributed by atoms with Gasteiger partial charge in [0.1, 0.15) is 0 Å². The second-order valence-electron chi connectivity index (χ2n) is 5.42. The maximum atomic E-state index is 10.7. The highest BCUT2D eigenvalue weighted by molar-refractivity contribution is 5.58. The number of nitro benzene ring substituents is 1. The Morgan fingerprint density at radius 2 is 1.90 bits per heavy atom. The molecule has 2 heterocycles. The first-order valence-electron chi connectivity index (χ1n) is 6.91. The van der Waals surface area contributed by atoms with E-state index in [4.69, 9.17) is 0 Å². The zero-order valence-electron chi connectivity index (χ0n) is 12.0. The van der Waals surface area contributed by atoms with Gasteiger partial charge in [-0.25, -0.2) is 9.97 Å². The smallest absolute Gasteiger partial charge is 0.269 e. The van der Waals surface area contributed by atoms with Crippen LogP contribution >= 0.6 is 0 Å². The summed E-state index contributed by atoms with van der Waals surface area (Å²) in [6.07, 6.45) is 0. The number of aromatic nitrogens is 2. The molecule has 0 spiro atoms. The molecular formula is C15H16N4O2. The molecule has 21 heavy (non-hydrogen) atoms. The molecule has 1 N–H and O–H groups in total. The first-order chi connectivity index (χ1) is 10.1. The Hall–Kier alpha value is -2.34. The third-order valence-corrected chi connectivity index (χ3v) is 3.60. The highest BCUT2D eigenvalue weighted by Crippen LogP contribution is 2.27. The van der Waals surface area contributed by atoms with Gasteiger partial charge < -0.3 is 5.32 Å². The van der Waals surface area contributed by atoms with E-state index in [9.17, 15) is 10.1 Å². The molecule has 0 amide bonds. The molecule has 0 saturated heterocycles. The van der Waals surface area contributed by atoms with Gasteiger partial charge >= 0.3 is 0 Å². The van der Waals surface area contributed by atoms with Gasteiger partial charge in [-0.05, 0) is 18.1 Å². The Morgan fingerprint density at radius 3 is 2.52 bits per heavy atom. The Labute approximate surface area is 122 Å². The van der Waals surface area contributed by atoms with Crippen molar-refractivity contribution in [2.45, 2.75) is 32.9 Å². The molecule has 108 valence electrons. The highest BCUT2D eigenvalue weighted by atomic mass is 16.6. The minimum atomic E-state index is -0.406. The summed E-state index contributed by atoms with van der Waals surface area (Å²) in [7, 11) is 0. The normalized spacial score (nSPS) is 13.5. The van der Waals surface area contributed by atoms with Gasteiger partial charge in [-0.1, -0.05) is 13.8 Å². The summed E-state index contributed by atoms with van der Waals surface area (Å²) in [6.45, 7) is 5.78. The summed E-state index contributed by atoms with van der Waals surface area (Å²) in [4.78, 5) is 19.6. The van der Waals surface area contributed by atoms with E-state index in [-0.39, 0.29) is 5.69 Å². The van der Waals surface area contributed by atoms with Crippen LogP contribution in [-0.4, -0.2) is 14.9 Å². The first kappa shape index (κ1) is 13.6. The number of nitro groups is 1. The quantitative estimate of drug-likeness (QED) is 0.692. The SMILES string of the molecule is CC(C)c1nc(-c2ccc([N+](=O)[O-])cc2)nc2c1CNC2. The molecule has 0 saturated carbocycles. The van der Waals surface area contributed by atoms with E-state index in [0.29, 0.717) is 11.7 Å². The van der Waals surface area contributed by atoms with Crippen molar-refractivity contribution in [3.8, 4) is 11.4 Å². The molecule has 0 atom stereocenters. The third kappa shape index (κ3) is 2.50. The number of fused-ring (bicyclic) bond motifs is 1. The topological polar surface area (TPSA) is 81.0 Å². The Morgan fingerprint density at radius 1 is 1.19 bits per heavy atom. The van der Waals surface area contributed by atoms with Crippen LogP contribution in [0.15, 0.2) is 24.3 Å². The van der Waals surface area contributed by atoms with Crippen LogP contribution in [-0.2, 0) is 13.1 Å². The largest absolute Gasteiger partial charge is 0.307 e. The van der Waals surface area contributed by atoms with Crippen LogP contribution in [0.4, 0.5) is 5.69 Å². The molecule has 0 aliphatic carbocycles. The maximum absolute atomic E-state index is 10.7. The predicted molar refractivity (Wildman–Crippen MR) is 78.8 cm³/mol. The Bertz CT molecular complexity index is 696. The van der Waals surface area contributed by atoms with Crippen molar-refractivity contribution in [2.75, 3.05) is 0 Å². The molecule has 2 aromatic rings. The van der Waals surface area contributed by atoms with E-state index in [1.165, 1.54) is 17.7 Å². The van der Waals surface area contributed by atoms with Gasteiger partial charge in [0.25, 0.3) is 5.69 Å². The minimum absolute atomic E-state index is 0.0747. The van der Waals surface area contributed by atoms with Crippen molar-refractivity contribution in [2.24, 2.45) is 0 Å². The van der Waals surface area contributed by atoms with Crippen molar-refractivity contribution in [3.63, 3.8) is 0 Å².